The summed E-state index contributed by atoms with van der Waals surface area (Å²) in [4.78, 5) is 15.2. The number of hydrogen-bond acceptors (Lipinski definition) is 6. The Balaban J connectivity index is 2.81. The molecule has 0 amide bonds. The molecule has 0 atom stereocenters. The second kappa shape index (κ2) is 3.65. The molecular weight excluding hydrogens is 248 g/mol. The molecule has 2 aromatic rings. The molecule has 17 heavy (non-hydrogen) atoms. The number of imidazole rings is 1. The average molecular weight is 254 g/mol. The third kappa shape index (κ3) is 1.77. The first kappa shape index (κ1) is 11.2. The van der Waals surface area contributed by atoms with Crippen LogP contribution in [-0.2, 0) is 16.6 Å². The number of fused-ring (bicyclic) bond motifs is 1. The van der Waals surface area contributed by atoms with Crippen LogP contribution in [0.3, 0.4) is 0 Å². The number of sulfonamides is 1. The zero-order valence-electron chi connectivity index (χ0n) is 8.31. The Morgan fingerprint density at radius 3 is 2.82 bits per heavy atom. The van der Waals surface area contributed by atoms with Gasteiger partial charge in [0.15, 0.2) is 0 Å². The summed E-state index contributed by atoms with van der Waals surface area (Å²) in [6, 6.07) is 0. The van der Waals surface area contributed by atoms with E-state index in [2.05, 4.69) is 21.2 Å². The van der Waals surface area contributed by atoms with Crippen molar-refractivity contribution in [3.05, 3.63) is 16.8 Å². The topological polar surface area (TPSA) is 125 Å². The molecule has 0 saturated carbocycles. The van der Waals surface area contributed by atoms with Crippen molar-refractivity contribution in [1.82, 2.24) is 24.4 Å². The molecule has 0 bridgehead atoms. The predicted molar refractivity (Wildman–Crippen MR) is 55.2 cm³/mol. The zero-order chi connectivity index (χ0) is 12.6. The second-order valence-corrected chi connectivity index (χ2v) is 4.50. The molecule has 0 unspecified atom stereocenters. The fraction of sp³-hybridized carbons (Fsp3) is 0.143. The third-order valence-corrected chi connectivity index (χ3v) is 2.72. The maximum atomic E-state index is 11.7. The second-order valence-electron chi connectivity index (χ2n) is 3.02. The number of primary sulfonamides is 1. The van der Waals surface area contributed by atoms with E-state index < -0.39 is 20.7 Å². The molecule has 0 spiro atoms. The summed E-state index contributed by atoms with van der Waals surface area (Å²) in [7, 11) is -4.05. The van der Waals surface area contributed by atoms with Crippen molar-refractivity contribution in [2.24, 2.45) is 5.14 Å². The first-order valence-corrected chi connectivity index (χ1v) is 5.77. The van der Waals surface area contributed by atoms with E-state index in [0.717, 1.165) is 15.4 Å². The summed E-state index contributed by atoms with van der Waals surface area (Å²) in [6.45, 7) is -0.0787. The minimum absolute atomic E-state index is 0.0787. The lowest BCUT2D eigenvalue weighted by molar-refractivity contribution is 0.573. The molecule has 2 aromatic heterocycles. The lowest BCUT2D eigenvalue weighted by Gasteiger charge is -1.98. The van der Waals surface area contributed by atoms with Gasteiger partial charge >= 0.3 is 5.69 Å². The van der Waals surface area contributed by atoms with Gasteiger partial charge in [-0.1, -0.05) is 11.1 Å². The minimum Gasteiger partial charge on any atom is -0.245 e. The van der Waals surface area contributed by atoms with Gasteiger partial charge in [-0.2, -0.15) is 4.68 Å². The highest BCUT2D eigenvalue weighted by atomic mass is 32.2. The molecule has 0 aliphatic rings. The van der Waals surface area contributed by atoms with Crippen LogP contribution in [0.15, 0.2) is 16.1 Å². The van der Waals surface area contributed by atoms with Gasteiger partial charge < -0.3 is 0 Å². The van der Waals surface area contributed by atoms with Gasteiger partial charge in [-0.3, -0.25) is 0 Å². The van der Waals surface area contributed by atoms with Crippen LogP contribution in [0.25, 0.3) is 5.65 Å². The molecule has 0 radical (unpaired) electrons. The van der Waals surface area contributed by atoms with E-state index in [0.29, 0.717) is 0 Å². The number of hydrogen-bond donors (Lipinski definition) is 1. The Morgan fingerprint density at radius 1 is 1.53 bits per heavy atom. The van der Waals surface area contributed by atoms with Crippen LogP contribution in [0.1, 0.15) is 0 Å². The smallest absolute Gasteiger partial charge is 0.245 e. The standard InChI is InChI=1S/C7H6N6O3S/c1-2-3-13-7(14)12-4-9-6(17(8,15)16)5(12)10-11-13/h1,4H,3H2,(H2,8,15,16). The Morgan fingerprint density at radius 2 is 2.24 bits per heavy atom. The Bertz CT molecular complexity index is 780. The Hall–Kier alpha value is -2.25. The fourth-order valence-electron chi connectivity index (χ4n) is 1.20. The lowest BCUT2D eigenvalue weighted by atomic mass is 10.7. The Labute approximate surface area is 94.9 Å². The van der Waals surface area contributed by atoms with Gasteiger partial charge in [0.25, 0.3) is 10.0 Å². The van der Waals surface area contributed by atoms with Gasteiger partial charge in [0.2, 0.25) is 10.7 Å². The van der Waals surface area contributed by atoms with Crippen molar-refractivity contribution in [1.29, 1.82) is 0 Å². The zero-order valence-corrected chi connectivity index (χ0v) is 9.12. The maximum absolute atomic E-state index is 11.7. The van der Waals surface area contributed by atoms with Crippen LogP contribution < -0.4 is 10.8 Å². The van der Waals surface area contributed by atoms with Gasteiger partial charge in [-0.25, -0.2) is 27.7 Å². The summed E-state index contributed by atoms with van der Waals surface area (Å²) in [5.41, 5.74) is -0.874. The number of nitrogens with zero attached hydrogens (tertiary/aromatic N) is 5. The van der Waals surface area contributed by atoms with E-state index in [1.807, 2.05) is 0 Å². The highest BCUT2D eigenvalue weighted by molar-refractivity contribution is 7.89. The summed E-state index contributed by atoms with van der Waals surface area (Å²) in [6.07, 6.45) is 6.03. The summed E-state index contributed by atoms with van der Waals surface area (Å²) in [5.74, 6) is 2.21. The molecule has 0 aliphatic carbocycles. The summed E-state index contributed by atoms with van der Waals surface area (Å²) < 4.78 is 24.0. The molecule has 2 rings (SSSR count). The lowest BCUT2D eigenvalue weighted by Crippen LogP contribution is -2.29. The van der Waals surface area contributed by atoms with E-state index >= 15 is 0 Å². The van der Waals surface area contributed by atoms with Gasteiger partial charge in [0, 0.05) is 0 Å². The molecule has 0 aromatic carbocycles. The number of aromatic nitrogens is 5. The number of terminal acetylenes is 1. The highest BCUT2D eigenvalue weighted by Gasteiger charge is 2.19. The molecule has 9 nitrogen and oxygen atoms in total. The SMILES string of the molecule is C#CCn1nnc2c(S(N)(=O)=O)ncn2c1=O. The molecule has 0 saturated heterocycles. The van der Waals surface area contributed by atoms with Crippen molar-refractivity contribution >= 4 is 15.7 Å². The molecular formula is C7H6N6O3S. The largest absolute Gasteiger partial charge is 0.353 e. The van der Waals surface area contributed by atoms with E-state index in [9.17, 15) is 13.2 Å². The monoisotopic (exact) mass is 254 g/mol. The van der Waals surface area contributed by atoms with Gasteiger partial charge in [0.1, 0.15) is 12.9 Å². The van der Waals surface area contributed by atoms with E-state index in [4.69, 9.17) is 11.6 Å². The summed E-state index contributed by atoms with van der Waals surface area (Å²) >= 11 is 0. The van der Waals surface area contributed by atoms with Crippen LogP contribution in [0.4, 0.5) is 0 Å². The van der Waals surface area contributed by atoms with Crippen molar-refractivity contribution < 1.29 is 8.42 Å². The van der Waals surface area contributed by atoms with Crippen molar-refractivity contribution in [2.75, 3.05) is 0 Å². The quantitative estimate of drug-likeness (QED) is 0.594. The molecule has 10 heteroatoms. The average Bonchev–Trinajstić information content (AvgIpc) is 2.66. The van der Waals surface area contributed by atoms with E-state index in [-0.39, 0.29) is 12.2 Å². The first-order chi connectivity index (χ1) is 7.95. The Kier molecular flexibility index (Phi) is 2.41. The third-order valence-electron chi connectivity index (χ3n) is 1.89. The molecule has 2 N–H and O–H groups in total. The van der Waals surface area contributed by atoms with Crippen molar-refractivity contribution in [2.45, 2.75) is 11.6 Å². The van der Waals surface area contributed by atoms with Crippen molar-refractivity contribution in [3.63, 3.8) is 0 Å². The van der Waals surface area contributed by atoms with Crippen LogP contribution in [-0.4, -0.2) is 32.8 Å². The van der Waals surface area contributed by atoms with Crippen LogP contribution >= 0.6 is 0 Å². The molecule has 0 aliphatic heterocycles. The van der Waals surface area contributed by atoms with E-state index in [1.165, 1.54) is 0 Å². The first-order valence-electron chi connectivity index (χ1n) is 4.22. The highest BCUT2D eigenvalue weighted by Crippen LogP contribution is 2.07. The van der Waals surface area contributed by atoms with Crippen LogP contribution in [0, 0.1) is 12.3 Å². The maximum Gasteiger partial charge on any atom is 0.353 e. The predicted octanol–water partition coefficient (Wildman–Crippen LogP) is -2.43. The van der Waals surface area contributed by atoms with Crippen LogP contribution in [0.2, 0.25) is 0 Å². The minimum atomic E-state index is -4.05. The fourth-order valence-corrected chi connectivity index (χ4v) is 1.79. The van der Waals surface area contributed by atoms with Gasteiger partial charge in [-0.15, -0.1) is 11.5 Å². The normalized spacial score (nSPS) is 11.5. The van der Waals surface area contributed by atoms with Gasteiger partial charge in [0.05, 0.1) is 0 Å². The number of nitrogens with two attached hydrogens (primary N) is 1. The molecule has 0 fully saturated rings. The van der Waals surface area contributed by atoms with Gasteiger partial charge in [-0.05, 0) is 0 Å². The molecule has 88 valence electrons. The van der Waals surface area contributed by atoms with E-state index in [1.54, 1.807) is 0 Å². The summed E-state index contributed by atoms with van der Waals surface area (Å²) in [5, 5.41) is 11.4. The van der Waals surface area contributed by atoms with Crippen molar-refractivity contribution in [3.8, 4) is 12.3 Å². The number of rotatable bonds is 2. The molecule has 2 heterocycles. The van der Waals surface area contributed by atoms with Crippen LogP contribution in [0.5, 0.6) is 0 Å².